The topological polar surface area (TPSA) is 56.3 Å². The maximum atomic E-state index is 12.0. The van der Waals surface area contributed by atoms with Gasteiger partial charge in [-0.05, 0) is 30.9 Å². The molecule has 0 bridgehead atoms. The molecule has 4 nitrogen and oxygen atoms in total. The number of aliphatic hydroxyl groups is 1. The second kappa shape index (κ2) is 3.85. The van der Waals surface area contributed by atoms with E-state index in [1.165, 1.54) is 0 Å². The van der Waals surface area contributed by atoms with Gasteiger partial charge in [0.05, 0.1) is 5.60 Å². The van der Waals surface area contributed by atoms with Crippen LogP contribution in [0.1, 0.15) is 13.3 Å². The summed E-state index contributed by atoms with van der Waals surface area (Å²) in [6.45, 7) is 3.15. The Morgan fingerprint density at radius 1 is 1.39 bits per heavy atom. The second-order valence-electron chi connectivity index (χ2n) is 5.24. The van der Waals surface area contributed by atoms with E-state index in [4.69, 9.17) is 0 Å². The number of aromatic nitrogens is 1. The van der Waals surface area contributed by atoms with Crippen LogP contribution in [-0.2, 0) is 0 Å². The molecule has 1 aliphatic heterocycles. The van der Waals surface area contributed by atoms with Crippen molar-refractivity contribution in [1.29, 1.82) is 0 Å². The molecule has 18 heavy (non-hydrogen) atoms. The highest BCUT2D eigenvalue weighted by atomic mass is 16.3. The van der Waals surface area contributed by atoms with Crippen LogP contribution in [0.25, 0.3) is 10.8 Å². The van der Waals surface area contributed by atoms with Gasteiger partial charge >= 0.3 is 0 Å². The van der Waals surface area contributed by atoms with E-state index in [9.17, 15) is 9.90 Å². The SMILES string of the molecule is CC1(O)CCN(c2cc3ccccc3c(=O)[nH]2)C1. The quantitative estimate of drug-likeness (QED) is 0.799. The van der Waals surface area contributed by atoms with Crippen LogP contribution in [0.5, 0.6) is 0 Å². The Balaban J connectivity index is 2.06. The first kappa shape index (κ1) is 11.3. The Labute approximate surface area is 105 Å². The summed E-state index contributed by atoms with van der Waals surface area (Å²) in [7, 11) is 0. The van der Waals surface area contributed by atoms with Gasteiger partial charge in [-0.3, -0.25) is 4.79 Å². The molecule has 1 aromatic heterocycles. The number of pyridine rings is 1. The molecule has 4 heteroatoms. The van der Waals surface area contributed by atoms with Gasteiger partial charge in [-0.15, -0.1) is 0 Å². The number of β-amino-alcohol motifs (C(OH)–C–C–N with tert-alkyl or cyclic N) is 1. The Bertz CT molecular complexity index is 646. The lowest BCUT2D eigenvalue weighted by Crippen LogP contribution is -2.30. The lowest BCUT2D eigenvalue weighted by atomic mass is 10.1. The maximum absolute atomic E-state index is 12.0. The minimum Gasteiger partial charge on any atom is -0.388 e. The molecule has 0 radical (unpaired) electrons. The molecule has 3 rings (SSSR count). The van der Waals surface area contributed by atoms with Crippen molar-refractivity contribution in [2.75, 3.05) is 18.0 Å². The molecule has 0 saturated carbocycles. The van der Waals surface area contributed by atoms with Gasteiger partial charge in [-0.25, -0.2) is 0 Å². The van der Waals surface area contributed by atoms with Gasteiger partial charge in [0.25, 0.3) is 5.56 Å². The zero-order valence-electron chi connectivity index (χ0n) is 10.3. The van der Waals surface area contributed by atoms with Gasteiger partial charge in [0.1, 0.15) is 5.82 Å². The molecule has 2 heterocycles. The van der Waals surface area contributed by atoms with E-state index >= 15 is 0 Å². The molecular weight excluding hydrogens is 228 g/mol. The first-order valence-electron chi connectivity index (χ1n) is 6.15. The van der Waals surface area contributed by atoms with Crippen molar-refractivity contribution < 1.29 is 5.11 Å². The van der Waals surface area contributed by atoms with Crippen LogP contribution in [0.2, 0.25) is 0 Å². The third-order valence-electron chi connectivity index (χ3n) is 3.53. The van der Waals surface area contributed by atoms with E-state index in [0.29, 0.717) is 11.9 Å². The fourth-order valence-corrected chi connectivity index (χ4v) is 2.52. The molecule has 1 saturated heterocycles. The number of hydrogen-bond acceptors (Lipinski definition) is 3. The van der Waals surface area contributed by atoms with E-state index in [1.54, 1.807) is 0 Å². The van der Waals surface area contributed by atoms with Gasteiger partial charge in [0.2, 0.25) is 0 Å². The van der Waals surface area contributed by atoms with E-state index in [2.05, 4.69) is 4.98 Å². The fraction of sp³-hybridized carbons (Fsp3) is 0.357. The number of nitrogens with zero attached hydrogens (tertiary/aromatic N) is 1. The summed E-state index contributed by atoms with van der Waals surface area (Å²) >= 11 is 0. The molecule has 1 atom stereocenters. The fourth-order valence-electron chi connectivity index (χ4n) is 2.52. The maximum Gasteiger partial charge on any atom is 0.257 e. The van der Waals surface area contributed by atoms with Crippen LogP contribution in [0.15, 0.2) is 35.1 Å². The summed E-state index contributed by atoms with van der Waals surface area (Å²) in [5.41, 5.74) is -0.739. The molecule has 1 aliphatic rings. The van der Waals surface area contributed by atoms with E-state index in [1.807, 2.05) is 42.2 Å². The minimum atomic E-state index is -0.664. The molecule has 1 unspecified atom stereocenters. The monoisotopic (exact) mass is 244 g/mol. The first-order chi connectivity index (χ1) is 8.55. The van der Waals surface area contributed by atoms with Crippen molar-refractivity contribution in [3.63, 3.8) is 0 Å². The summed E-state index contributed by atoms with van der Waals surface area (Å²) in [5, 5.41) is 11.6. The lowest BCUT2D eigenvalue weighted by Gasteiger charge is -2.20. The minimum absolute atomic E-state index is 0.0744. The van der Waals surface area contributed by atoms with Crippen LogP contribution in [0.3, 0.4) is 0 Å². The Kier molecular flexibility index (Phi) is 2.41. The number of fused-ring (bicyclic) bond motifs is 1. The number of aromatic amines is 1. The molecule has 94 valence electrons. The molecule has 0 amide bonds. The number of benzene rings is 1. The molecule has 2 N–H and O–H groups in total. The lowest BCUT2D eigenvalue weighted by molar-refractivity contribution is 0.0839. The summed E-state index contributed by atoms with van der Waals surface area (Å²) < 4.78 is 0. The average Bonchev–Trinajstić information content (AvgIpc) is 2.70. The van der Waals surface area contributed by atoms with Gasteiger partial charge < -0.3 is 15.0 Å². The molecule has 1 aromatic carbocycles. The normalized spacial score (nSPS) is 23.8. The number of rotatable bonds is 1. The molecular formula is C14H16N2O2. The molecule has 0 aliphatic carbocycles. The smallest absolute Gasteiger partial charge is 0.257 e. The van der Waals surface area contributed by atoms with Gasteiger partial charge in [-0.2, -0.15) is 0 Å². The highest BCUT2D eigenvalue weighted by Crippen LogP contribution is 2.25. The third-order valence-corrected chi connectivity index (χ3v) is 3.53. The zero-order valence-corrected chi connectivity index (χ0v) is 10.3. The van der Waals surface area contributed by atoms with Crippen LogP contribution in [0.4, 0.5) is 5.82 Å². The van der Waals surface area contributed by atoms with Crippen molar-refractivity contribution in [2.45, 2.75) is 18.9 Å². The Morgan fingerprint density at radius 3 is 2.89 bits per heavy atom. The zero-order chi connectivity index (χ0) is 12.8. The standard InChI is InChI=1S/C14H16N2O2/c1-14(18)6-7-16(9-14)12-8-10-4-2-3-5-11(10)13(17)15-12/h2-5,8,18H,6-7,9H2,1H3,(H,15,17). The predicted octanol–water partition coefficient (Wildman–Crippen LogP) is 1.49. The van der Waals surface area contributed by atoms with Crippen molar-refractivity contribution in [2.24, 2.45) is 0 Å². The molecule has 1 fully saturated rings. The van der Waals surface area contributed by atoms with E-state index < -0.39 is 5.60 Å². The summed E-state index contributed by atoms with van der Waals surface area (Å²) in [4.78, 5) is 16.9. The van der Waals surface area contributed by atoms with Crippen molar-refractivity contribution in [3.05, 3.63) is 40.7 Å². The highest BCUT2D eigenvalue weighted by Gasteiger charge is 2.31. The van der Waals surface area contributed by atoms with Crippen molar-refractivity contribution >= 4 is 16.6 Å². The average molecular weight is 244 g/mol. The van der Waals surface area contributed by atoms with Crippen LogP contribution < -0.4 is 10.5 Å². The van der Waals surface area contributed by atoms with Gasteiger partial charge in [0, 0.05) is 18.5 Å². The predicted molar refractivity (Wildman–Crippen MR) is 72.0 cm³/mol. The summed E-state index contributed by atoms with van der Waals surface area (Å²) in [5.74, 6) is 0.788. The van der Waals surface area contributed by atoms with Crippen molar-refractivity contribution in [1.82, 2.24) is 4.98 Å². The summed E-state index contributed by atoms with van der Waals surface area (Å²) in [6, 6.07) is 9.50. The number of nitrogens with one attached hydrogen (secondary N) is 1. The largest absolute Gasteiger partial charge is 0.388 e. The summed E-state index contributed by atoms with van der Waals surface area (Å²) in [6.07, 6.45) is 0.724. The van der Waals surface area contributed by atoms with E-state index in [0.717, 1.165) is 24.2 Å². The Hall–Kier alpha value is -1.81. The van der Waals surface area contributed by atoms with Gasteiger partial charge in [-0.1, -0.05) is 18.2 Å². The third kappa shape index (κ3) is 1.88. The van der Waals surface area contributed by atoms with Crippen LogP contribution in [-0.4, -0.2) is 28.8 Å². The van der Waals surface area contributed by atoms with Gasteiger partial charge in [0.15, 0.2) is 0 Å². The van der Waals surface area contributed by atoms with Crippen LogP contribution in [0, 0.1) is 0 Å². The first-order valence-corrected chi connectivity index (χ1v) is 6.15. The molecule has 0 spiro atoms. The second-order valence-corrected chi connectivity index (χ2v) is 5.24. The number of anilines is 1. The number of H-pyrrole nitrogens is 1. The van der Waals surface area contributed by atoms with Crippen molar-refractivity contribution in [3.8, 4) is 0 Å². The molecule has 2 aromatic rings. The number of hydrogen-bond donors (Lipinski definition) is 2. The highest BCUT2D eigenvalue weighted by molar-refractivity contribution is 5.83. The van der Waals surface area contributed by atoms with Crippen LogP contribution >= 0.6 is 0 Å². The Morgan fingerprint density at radius 2 is 2.17 bits per heavy atom. The van der Waals surface area contributed by atoms with E-state index in [-0.39, 0.29) is 5.56 Å².